The summed E-state index contributed by atoms with van der Waals surface area (Å²) in [5.74, 6) is 0. The fourth-order valence-corrected chi connectivity index (χ4v) is 5.66. The Morgan fingerprint density at radius 1 is 0.914 bits per heavy atom. The molecule has 0 radical (unpaired) electrons. The molecule has 2 aromatic carbocycles. The van der Waals surface area contributed by atoms with Crippen LogP contribution in [0.1, 0.15) is 5.56 Å². The van der Waals surface area contributed by atoms with Gasteiger partial charge in [0.05, 0.1) is 17.6 Å². The van der Waals surface area contributed by atoms with E-state index in [0.717, 1.165) is 70.9 Å². The Bertz CT molecular complexity index is 1470. The van der Waals surface area contributed by atoms with E-state index in [1.54, 1.807) is 0 Å². The van der Waals surface area contributed by atoms with Gasteiger partial charge in [-0.3, -0.25) is 4.68 Å². The first-order chi connectivity index (χ1) is 17.2. The van der Waals surface area contributed by atoms with Gasteiger partial charge in [-0.25, -0.2) is 13.5 Å². The number of benzene rings is 2. The van der Waals surface area contributed by atoms with Crippen LogP contribution in [0.25, 0.3) is 33.3 Å². The zero-order valence-corrected chi connectivity index (χ0v) is 20.0. The molecule has 5 aromatic rings. The number of nitrogens with zero attached hydrogens (tertiary/aromatic N) is 4. The lowest BCUT2D eigenvalue weighted by Gasteiger charge is -2.25. The normalized spacial score (nSPS) is 15.4. The molecule has 3 aromatic heterocycles. The number of aromatic nitrogens is 4. The molecule has 0 saturated carbocycles. The third-order valence-electron chi connectivity index (χ3n) is 6.36. The largest absolute Gasteiger partial charge is 0.346 e. The van der Waals surface area contributed by atoms with Gasteiger partial charge >= 0.3 is 0 Å². The molecule has 0 amide bonds. The first-order valence-corrected chi connectivity index (χ1v) is 12.9. The van der Waals surface area contributed by atoms with E-state index in [4.69, 9.17) is 0 Å². The highest BCUT2D eigenvalue weighted by Gasteiger charge is 2.18. The molecule has 0 spiro atoms. The molecule has 1 aliphatic heterocycles. The number of hydrogen-bond acceptors (Lipinski definition) is 4. The Labute approximate surface area is 206 Å². The van der Waals surface area contributed by atoms with Crippen molar-refractivity contribution in [3.05, 3.63) is 91.0 Å². The van der Waals surface area contributed by atoms with Crippen molar-refractivity contribution in [3.8, 4) is 22.3 Å². The maximum absolute atomic E-state index is 12.9. The highest BCUT2D eigenvalue weighted by molar-refractivity contribution is 7.82. The average molecular weight is 483 g/mol. The second-order valence-electron chi connectivity index (χ2n) is 8.69. The number of hydrogen-bond donors (Lipinski definition) is 2. The van der Waals surface area contributed by atoms with Gasteiger partial charge in [-0.2, -0.15) is 5.10 Å². The summed E-state index contributed by atoms with van der Waals surface area (Å²) in [6.07, 6.45) is 7.84. The average Bonchev–Trinajstić information content (AvgIpc) is 3.56. The molecule has 1 fully saturated rings. The van der Waals surface area contributed by atoms with E-state index in [0.29, 0.717) is 0 Å². The Kier molecular flexibility index (Phi) is 5.99. The summed E-state index contributed by atoms with van der Waals surface area (Å²) in [6.45, 7) is 4.08. The molecule has 1 atom stereocenters. The number of pyridine rings is 1. The fraction of sp³-hybridized carbons (Fsp3) is 0.185. The lowest BCUT2D eigenvalue weighted by molar-refractivity contribution is 0.380. The highest BCUT2D eigenvalue weighted by Crippen LogP contribution is 2.31. The molecule has 1 saturated heterocycles. The van der Waals surface area contributed by atoms with Crippen LogP contribution in [-0.4, -0.2) is 54.4 Å². The van der Waals surface area contributed by atoms with Gasteiger partial charge < -0.3 is 10.3 Å². The highest BCUT2D eigenvalue weighted by atomic mass is 32.2. The monoisotopic (exact) mass is 482 g/mol. The van der Waals surface area contributed by atoms with Crippen molar-refractivity contribution in [1.82, 2.24) is 29.4 Å². The van der Waals surface area contributed by atoms with Crippen LogP contribution >= 0.6 is 0 Å². The van der Waals surface area contributed by atoms with E-state index in [1.165, 1.54) is 5.56 Å². The summed E-state index contributed by atoms with van der Waals surface area (Å²) in [5.41, 5.74) is 6.25. The number of H-pyrrole nitrogens is 1. The molecule has 1 aliphatic rings. The van der Waals surface area contributed by atoms with Crippen molar-refractivity contribution in [2.75, 3.05) is 26.2 Å². The van der Waals surface area contributed by atoms with Crippen LogP contribution in [0.4, 0.5) is 0 Å². The summed E-state index contributed by atoms with van der Waals surface area (Å²) in [7, 11) is -1.13. The van der Waals surface area contributed by atoms with Gasteiger partial charge in [0.15, 0.2) is 0 Å². The van der Waals surface area contributed by atoms with E-state index < -0.39 is 11.0 Å². The van der Waals surface area contributed by atoms with Gasteiger partial charge in [-0.1, -0.05) is 42.5 Å². The lowest BCUT2D eigenvalue weighted by Crippen LogP contribution is -2.44. The fourth-order valence-electron chi connectivity index (χ4n) is 4.48. The summed E-state index contributed by atoms with van der Waals surface area (Å²) in [4.78, 5) is 8.77. The lowest BCUT2D eigenvalue weighted by atomic mass is 10.0. The molecule has 6 rings (SSSR count). The van der Waals surface area contributed by atoms with Crippen LogP contribution in [0.3, 0.4) is 0 Å². The minimum absolute atomic E-state index is 0.731. The van der Waals surface area contributed by atoms with Crippen molar-refractivity contribution in [2.45, 2.75) is 11.4 Å². The zero-order chi connectivity index (χ0) is 23.6. The smallest absolute Gasteiger partial charge is 0.137 e. The second kappa shape index (κ2) is 9.58. The Hall–Kier alpha value is -3.59. The molecular weight excluding hydrogens is 456 g/mol. The van der Waals surface area contributed by atoms with Gasteiger partial charge in [0.2, 0.25) is 0 Å². The minimum Gasteiger partial charge on any atom is -0.346 e. The molecular formula is C27H26N6OS. The Morgan fingerprint density at radius 2 is 1.71 bits per heavy atom. The van der Waals surface area contributed by atoms with Crippen LogP contribution in [0.15, 0.2) is 90.3 Å². The Morgan fingerprint density at radius 3 is 2.51 bits per heavy atom. The number of piperazine rings is 1. The number of nitrogens with one attached hydrogen (secondary N) is 2. The summed E-state index contributed by atoms with van der Waals surface area (Å²) < 4.78 is 16.9. The first-order valence-electron chi connectivity index (χ1n) is 11.8. The van der Waals surface area contributed by atoms with E-state index in [-0.39, 0.29) is 0 Å². The molecule has 8 heteroatoms. The van der Waals surface area contributed by atoms with Crippen LogP contribution in [0.2, 0.25) is 0 Å². The van der Waals surface area contributed by atoms with E-state index in [9.17, 15) is 4.21 Å². The quantitative estimate of drug-likeness (QED) is 0.382. The zero-order valence-electron chi connectivity index (χ0n) is 19.2. The third kappa shape index (κ3) is 4.55. The first kappa shape index (κ1) is 21.9. The molecule has 0 aliphatic carbocycles. The number of fused-ring (bicyclic) bond motifs is 1. The van der Waals surface area contributed by atoms with Gasteiger partial charge in [-0.05, 0) is 29.3 Å². The van der Waals surface area contributed by atoms with Gasteiger partial charge in [0.1, 0.15) is 16.6 Å². The third-order valence-corrected chi connectivity index (χ3v) is 7.87. The molecule has 2 N–H and O–H groups in total. The standard InChI is InChI=1S/C27H26N6OS/c34-35(33-12-10-28-11-13-33)24-8-6-21(7-9-24)22-14-25-26(17-30-27(25)29-15-22)23-16-31-32(19-23)18-20-4-2-1-3-5-20/h1-9,14-17,19,28H,10-13,18H2,(H,29,30). The van der Waals surface area contributed by atoms with Crippen LogP contribution in [0.5, 0.6) is 0 Å². The van der Waals surface area contributed by atoms with Gasteiger partial charge in [0.25, 0.3) is 0 Å². The van der Waals surface area contributed by atoms with E-state index in [1.807, 2.05) is 70.0 Å². The van der Waals surface area contributed by atoms with Crippen LogP contribution in [-0.2, 0) is 17.5 Å². The van der Waals surface area contributed by atoms with Gasteiger partial charge in [0, 0.05) is 66.8 Å². The summed E-state index contributed by atoms with van der Waals surface area (Å²) in [5, 5.41) is 8.92. The van der Waals surface area contributed by atoms with Crippen molar-refractivity contribution < 1.29 is 4.21 Å². The topological polar surface area (TPSA) is 78.8 Å². The second-order valence-corrected chi connectivity index (χ2v) is 10.2. The summed E-state index contributed by atoms with van der Waals surface area (Å²) >= 11 is 0. The molecule has 0 bridgehead atoms. The molecule has 1 unspecified atom stereocenters. The van der Waals surface area contributed by atoms with Crippen molar-refractivity contribution in [2.24, 2.45) is 0 Å². The number of rotatable bonds is 6. The predicted molar refractivity (Wildman–Crippen MR) is 139 cm³/mol. The van der Waals surface area contributed by atoms with Crippen molar-refractivity contribution in [1.29, 1.82) is 0 Å². The van der Waals surface area contributed by atoms with Crippen LogP contribution < -0.4 is 5.32 Å². The minimum atomic E-state index is -1.13. The molecule has 4 heterocycles. The Balaban J connectivity index is 1.25. The molecule has 35 heavy (non-hydrogen) atoms. The van der Waals surface area contributed by atoms with E-state index >= 15 is 0 Å². The maximum Gasteiger partial charge on any atom is 0.137 e. The van der Waals surface area contributed by atoms with E-state index in [2.05, 4.69) is 44.8 Å². The maximum atomic E-state index is 12.9. The predicted octanol–water partition coefficient (Wildman–Crippen LogP) is 4.07. The summed E-state index contributed by atoms with van der Waals surface area (Å²) in [6, 6.07) is 20.5. The number of aromatic amines is 1. The van der Waals surface area contributed by atoms with Gasteiger partial charge in [-0.15, -0.1) is 0 Å². The van der Waals surface area contributed by atoms with Crippen molar-refractivity contribution in [3.63, 3.8) is 0 Å². The molecule has 176 valence electrons. The SMILES string of the molecule is O=S(c1ccc(-c2cnc3[nH]cc(-c4cnn(Cc5ccccc5)c4)c3c2)cc1)N1CCNCC1. The molecule has 7 nitrogen and oxygen atoms in total. The van der Waals surface area contributed by atoms with Crippen molar-refractivity contribution >= 4 is 22.0 Å². The van der Waals surface area contributed by atoms with Crippen LogP contribution in [0, 0.1) is 0 Å².